The van der Waals surface area contributed by atoms with Gasteiger partial charge in [0.25, 0.3) is 0 Å². The Hall–Kier alpha value is -1.35. The van der Waals surface area contributed by atoms with Crippen LogP contribution in [-0.2, 0) is 11.2 Å². The average molecular weight is 218 g/mol. The predicted octanol–water partition coefficient (Wildman–Crippen LogP) is 1.05. The van der Waals surface area contributed by atoms with Crippen LogP contribution in [0.2, 0.25) is 0 Å². The van der Waals surface area contributed by atoms with Gasteiger partial charge in [0.1, 0.15) is 0 Å². The van der Waals surface area contributed by atoms with E-state index in [4.69, 9.17) is 0 Å². The molecule has 1 aliphatic heterocycles. The van der Waals surface area contributed by atoms with Crippen molar-refractivity contribution in [3.63, 3.8) is 0 Å². The van der Waals surface area contributed by atoms with Gasteiger partial charge in [-0.3, -0.25) is 4.79 Å². The second-order valence-corrected chi connectivity index (χ2v) is 4.19. The smallest absolute Gasteiger partial charge is 0.239 e. The van der Waals surface area contributed by atoms with E-state index in [-0.39, 0.29) is 11.9 Å². The zero-order chi connectivity index (χ0) is 11.4. The van der Waals surface area contributed by atoms with Crippen molar-refractivity contribution in [2.24, 2.45) is 0 Å². The van der Waals surface area contributed by atoms with Crippen LogP contribution in [0.1, 0.15) is 12.0 Å². The van der Waals surface area contributed by atoms with E-state index in [0.717, 1.165) is 25.9 Å². The quantitative estimate of drug-likeness (QED) is 0.819. The molecule has 3 nitrogen and oxygen atoms in total. The van der Waals surface area contributed by atoms with E-state index < -0.39 is 0 Å². The fourth-order valence-electron chi connectivity index (χ4n) is 2.14. The molecule has 0 spiro atoms. The maximum Gasteiger partial charge on any atom is 0.239 e. The molecule has 3 heteroatoms. The Morgan fingerprint density at radius 1 is 1.38 bits per heavy atom. The first-order chi connectivity index (χ1) is 7.81. The molecule has 0 aromatic heterocycles. The Bertz CT molecular complexity index is 350. The normalized spacial score (nSPS) is 20.4. The summed E-state index contributed by atoms with van der Waals surface area (Å²) in [6, 6.07) is 10.3. The first kappa shape index (κ1) is 11.1. The third-order valence-corrected chi connectivity index (χ3v) is 3.16. The molecular weight excluding hydrogens is 200 g/mol. The molecule has 1 aromatic carbocycles. The van der Waals surface area contributed by atoms with Gasteiger partial charge in [0, 0.05) is 13.1 Å². The Morgan fingerprint density at radius 3 is 2.75 bits per heavy atom. The third-order valence-electron chi connectivity index (χ3n) is 3.16. The summed E-state index contributed by atoms with van der Waals surface area (Å²) in [6.45, 7) is 1.72. The van der Waals surface area contributed by atoms with Crippen molar-refractivity contribution in [3.8, 4) is 0 Å². The first-order valence-corrected chi connectivity index (χ1v) is 5.81. The van der Waals surface area contributed by atoms with Crippen LogP contribution >= 0.6 is 0 Å². The van der Waals surface area contributed by atoms with Gasteiger partial charge in [-0.2, -0.15) is 0 Å². The fraction of sp³-hybridized carbons (Fsp3) is 0.462. The molecule has 1 aromatic rings. The van der Waals surface area contributed by atoms with Crippen LogP contribution in [0, 0.1) is 0 Å². The minimum atomic E-state index is 0.0378. The lowest BCUT2D eigenvalue weighted by atomic mass is 10.1. The van der Waals surface area contributed by atoms with Crippen molar-refractivity contribution >= 4 is 5.91 Å². The largest absolute Gasteiger partial charge is 0.341 e. The standard InChI is InChI=1S/C13H18N2O/c1-14-12-8-10-15(13(12)16)9-7-11-5-3-2-4-6-11/h2-6,12,14H,7-10H2,1H3. The SMILES string of the molecule is CNC1CCN(CCc2ccccc2)C1=O. The van der Waals surface area contributed by atoms with E-state index in [1.807, 2.05) is 30.1 Å². The number of likely N-dealkylation sites (tertiary alicyclic amines) is 1. The van der Waals surface area contributed by atoms with Crippen LogP contribution in [-0.4, -0.2) is 37.0 Å². The summed E-state index contributed by atoms with van der Waals surface area (Å²) in [7, 11) is 1.85. The molecule has 1 aliphatic rings. The topological polar surface area (TPSA) is 32.3 Å². The van der Waals surface area contributed by atoms with Crippen LogP contribution in [0.5, 0.6) is 0 Å². The van der Waals surface area contributed by atoms with Gasteiger partial charge in [-0.05, 0) is 25.5 Å². The molecule has 1 atom stereocenters. The Labute approximate surface area is 96.5 Å². The molecule has 1 saturated heterocycles. The minimum absolute atomic E-state index is 0.0378. The molecule has 1 heterocycles. The lowest BCUT2D eigenvalue weighted by molar-refractivity contribution is -0.129. The number of carbonyl (C=O) groups is 1. The maximum absolute atomic E-state index is 11.8. The molecule has 0 bridgehead atoms. The first-order valence-electron chi connectivity index (χ1n) is 5.81. The lowest BCUT2D eigenvalue weighted by Gasteiger charge is -2.16. The van der Waals surface area contributed by atoms with Crippen molar-refractivity contribution in [2.45, 2.75) is 18.9 Å². The highest BCUT2D eigenvalue weighted by Crippen LogP contribution is 2.11. The van der Waals surface area contributed by atoms with Crippen molar-refractivity contribution in [2.75, 3.05) is 20.1 Å². The second-order valence-electron chi connectivity index (χ2n) is 4.19. The molecule has 0 aliphatic carbocycles. The van der Waals surface area contributed by atoms with Crippen LogP contribution in [0.15, 0.2) is 30.3 Å². The van der Waals surface area contributed by atoms with E-state index >= 15 is 0 Å². The highest BCUT2D eigenvalue weighted by Gasteiger charge is 2.29. The van der Waals surface area contributed by atoms with E-state index in [0.29, 0.717) is 0 Å². The molecule has 0 saturated carbocycles. The molecule has 1 fully saturated rings. The zero-order valence-electron chi connectivity index (χ0n) is 9.65. The molecule has 0 radical (unpaired) electrons. The van der Waals surface area contributed by atoms with E-state index in [1.165, 1.54) is 5.56 Å². The van der Waals surface area contributed by atoms with Gasteiger partial charge in [-0.25, -0.2) is 0 Å². The van der Waals surface area contributed by atoms with Gasteiger partial charge in [0.05, 0.1) is 6.04 Å². The number of nitrogens with zero attached hydrogens (tertiary/aromatic N) is 1. The van der Waals surface area contributed by atoms with Gasteiger partial charge in [-0.1, -0.05) is 30.3 Å². The summed E-state index contributed by atoms with van der Waals surface area (Å²) in [6.07, 6.45) is 1.88. The van der Waals surface area contributed by atoms with Gasteiger partial charge < -0.3 is 10.2 Å². The molecule has 1 amide bonds. The van der Waals surface area contributed by atoms with Crippen molar-refractivity contribution < 1.29 is 4.79 Å². The highest BCUT2D eigenvalue weighted by atomic mass is 16.2. The summed E-state index contributed by atoms with van der Waals surface area (Å²) in [5.74, 6) is 0.249. The number of likely N-dealkylation sites (N-methyl/N-ethyl adjacent to an activating group) is 1. The number of benzene rings is 1. The third kappa shape index (κ3) is 2.42. The van der Waals surface area contributed by atoms with Crippen LogP contribution < -0.4 is 5.32 Å². The number of nitrogens with one attached hydrogen (secondary N) is 1. The minimum Gasteiger partial charge on any atom is -0.341 e. The summed E-state index contributed by atoms with van der Waals surface area (Å²) in [5, 5.41) is 3.05. The number of hydrogen-bond acceptors (Lipinski definition) is 2. The van der Waals surface area contributed by atoms with Gasteiger partial charge in [0.2, 0.25) is 5.91 Å². The summed E-state index contributed by atoms with van der Waals surface area (Å²) in [4.78, 5) is 13.8. The molecule has 16 heavy (non-hydrogen) atoms. The van der Waals surface area contributed by atoms with E-state index in [2.05, 4.69) is 17.4 Å². The summed E-state index contributed by atoms with van der Waals surface area (Å²) in [5.41, 5.74) is 1.29. The van der Waals surface area contributed by atoms with Crippen molar-refractivity contribution in [3.05, 3.63) is 35.9 Å². The highest BCUT2D eigenvalue weighted by molar-refractivity contribution is 5.83. The van der Waals surface area contributed by atoms with Gasteiger partial charge in [0.15, 0.2) is 0 Å². The monoisotopic (exact) mass is 218 g/mol. The Balaban J connectivity index is 1.86. The van der Waals surface area contributed by atoms with Crippen LogP contribution in [0.25, 0.3) is 0 Å². The second kappa shape index (κ2) is 5.12. The number of carbonyl (C=O) groups excluding carboxylic acids is 1. The Kier molecular flexibility index (Phi) is 3.57. The molecule has 1 unspecified atom stereocenters. The average Bonchev–Trinajstić information content (AvgIpc) is 2.69. The maximum atomic E-state index is 11.8. The molecular formula is C13H18N2O. The summed E-state index contributed by atoms with van der Waals surface area (Å²) < 4.78 is 0. The van der Waals surface area contributed by atoms with Crippen molar-refractivity contribution in [1.82, 2.24) is 10.2 Å². The van der Waals surface area contributed by atoms with Crippen LogP contribution in [0.4, 0.5) is 0 Å². The molecule has 86 valence electrons. The Morgan fingerprint density at radius 2 is 2.12 bits per heavy atom. The number of amides is 1. The van der Waals surface area contributed by atoms with Gasteiger partial charge in [-0.15, -0.1) is 0 Å². The van der Waals surface area contributed by atoms with E-state index in [1.54, 1.807) is 0 Å². The lowest BCUT2D eigenvalue weighted by Crippen LogP contribution is -2.37. The number of hydrogen-bond donors (Lipinski definition) is 1. The summed E-state index contributed by atoms with van der Waals surface area (Å²) >= 11 is 0. The van der Waals surface area contributed by atoms with E-state index in [9.17, 15) is 4.79 Å². The van der Waals surface area contributed by atoms with Gasteiger partial charge >= 0.3 is 0 Å². The van der Waals surface area contributed by atoms with Crippen molar-refractivity contribution in [1.29, 1.82) is 0 Å². The fourth-order valence-corrected chi connectivity index (χ4v) is 2.14. The van der Waals surface area contributed by atoms with Crippen LogP contribution in [0.3, 0.4) is 0 Å². The zero-order valence-corrected chi connectivity index (χ0v) is 9.65. The molecule has 2 rings (SSSR count). The number of rotatable bonds is 4. The molecule has 1 N–H and O–H groups in total. The predicted molar refractivity (Wildman–Crippen MR) is 64.2 cm³/mol.